The number of pyridine rings is 1. The summed E-state index contributed by atoms with van der Waals surface area (Å²) in [6, 6.07) is 14.0. The van der Waals surface area contributed by atoms with E-state index in [1.807, 2.05) is 47.4 Å². The highest BCUT2D eigenvalue weighted by Gasteiger charge is 2.44. The van der Waals surface area contributed by atoms with E-state index < -0.39 is 0 Å². The molecule has 0 saturated carbocycles. The smallest absolute Gasteiger partial charge is 0.410 e. The Labute approximate surface area is 147 Å². The van der Waals surface area contributed by atoms with E-state index in [9.17, 15) is 4.79 Å². The van der Waals surface area contributed by atoms with Crippen molar-refractivity contribution in [2.24, 2.45) is 0 Å². The molecule has 2 aromatic rings. The van der Waals surface area contributed by atoms with Gasteiger partial charge in [-0.05, 0) is 30.5 Å². The van der Waals surface area contributed by atoms with Crippen molar-refractivity contribution in [1.29, 1.82) is 0 Å². The predicted octanol–water partition coefficient (Wildman–Crippen LogP) is 3.79. The number of piperidine rings is 1. The zero-order chi connectivity index (χ0) is 17.1. The molecule has 2 fully saturated rings. The molecule has 0 aliphatic carbocycles. The van der Waals surface area contributed by atoms with Crippen LogP contribution < -0.4 is 4.74 Å². The maximum atomic E-state index is 12.6. The minimum Gasteiger partial charge on any atom is -0.490 e. The number of hydrogen-bond donors (Lipinski definition) is 0. The molecule has 2 saturated heterocycles. The molecule has 2 aliphatic rings. The summed E-state index contributed by atoms with van der Waals surface area (Å²) in [6.45, 7) is 0.326. The third kappa shape index (κ3) is 3.60. The molecular weight excluding hydrogens is 316 g/mol. The van der Waals surface area contributed by atoms with Gasteiger partial charge in [-0.3, -0.25) is 4.98 Å². The maximum Gasteiger partial charge on any atom is 0.410 e. The van der Waals surface area contributed by atoms with Gasteiger partial charge in [-0.1, -0.05) is 30.3 Å². The van der Waals surface area contributed by atoms with Gasteiger partial charge in [0.2, 0.25) is 0 Å². The molecule has 4 rings (SSSR count). The van der Waals surface area contributed by atoms with Crippen LogP contribution in [0.4, 0.5) is 4.79 Å². The van der Waals surface area contributed by atoms with Crippen LogP contribution in [0.1, 0.15) is 31.2 Å². The minimum atomic E-state index is -0.196. The zero-order valence-electron chi connectivity index (χ0n) is 14.1. The van der Waals surface area contributed by atoms with Crippen LogP contribution in [-0.2, 0) is 11.3 Å². The molecule has 0 spiro atoms. The molecule has 2 atom stereocenters. The van der Waals surface area contributed by atoms with Crippen LogP contribution in [0.15, 0.2) is 54.9 Å². The summed E-state index contributed by atoms with van der Waals surface area (Å²) in [6.07, 6.45) is 7.21. The summed E-state index contributed by atoms with van der Waals surface area (Å²) in [4.78, 5) is 18.5. The van der Waals surface area contributed by atoms with Crippen LogP contribution in [0.5, 0.6) is 5.75 Å². The molecule has 1 amide bonds. The van der Waals surface area contributed by atoms with Crippen LogP contribution in [0.2, 0.25) is 0 Å². The van der Waals surface area contributed by atoms with E-state index in [4.69, 9.17) is 9.47 Å². The Balaban J connectivity index is 1.34. The predicted molar refractivity (Wildman–Crippen MR) is 93.2 cm³/mol. The summed E-state index contributed by atoms with van der Waals surface area (Å²) in [7, 11) is 0. The first kappa shape index (κ1) is 15.9. The first-order valence-corrected chi connectivity index (χ1v) is 8.85. The summed E-state index contributed by atoms with van der Waals surface area (Å²) < 4.78 is 11.6. The van der Waals surface area contributed by atoms with E-state index in [1.54, 1.807) is 12.4 Å². The molecule has 130 valence electrons. The monoisotopic (exact) mass is 338 g/mol. The molecular formula is C20H22N2O3. The minimum absolute atomic E-state index is 0.151. The van der Waals surface area contributed by atoms with Crippen molar-refractivity contribution in [2.45, 2.75) is 50.5 Å². The van der Waals surface area contributed by atoms with E-state index in [-0.39, 0.29) is 24.3 Å². The number of rotatable bonds is 4. The van der Waals surface area contributed by atoms with Crippen LogP contribution in [0, 0.1) is 0 Å². The van der Waals surface area contributed by atoms with Crippen molar-refractivity contribution < 1.29 is 14.3 Å². The highest BCUT2D eigenvalue weighted by atomic mass is 16.6. The van der Waals surface area contributed by atoms with Gasteiger partial charge < -0.3 is 14.4 Å². The van der Waals surface area contributed by atoms with Gasteiger partial charge in [0.1, 0.15) is 18.5 Å². The lowest BCUT2D eigenvalue weighted by atomic mass is 10.0. The van der Waals surface area contributed by atoms with E-state index in [0.717, 1.165) is 37.0 Å². The molecule has 5 nitrogen and oxygen atoms in total. The first-order valence-electron chi connectivity index (χ1n) is 8.85. The molecule has 25 heavy (non-hydrogen) atoms. The van der Waals surface area contributed by atoms with Crippen molar-refractivity contribution in [3.8, 4) is 5.75 Å². The molecule has 2 aliphatic heterocycles. The number of ether oxygens (including phenoxy) is 2. The fourth-order valence-corrected chi connectivity index (χ4v) is 3.92. The normalized spacial score (nSPS) is 24.8. The number of nitrogens with zero attached hydrogens (tertiary/aromatic N) is 2. The van der Waals surface area contributed by atoms with Gasteiger partial charge in [0.05, 0.1) is 0 Å². The van der Waals surface area contributed by atoms with Gasteiger partial charge in [0, 0.05) is 37.3 Å². The SMILES string of the molecule is O=C(OCc1ccccc1)N1C2CCC1CC(Oc1ccncc1)C2. The topological polar surface area (TPSA) is 51.7 Å². The van der Waals surface area contributed by atoms with Gasteiger partial charge in [0.25, 0.3) is 0 Å². The lowest BCUT2D eigenvalue weighted by molar-refractivity contribution is 0.0304. The lowest BCUT2D eigenvalue weighted by Gasteiger charge is -2.38. The Hall–Kier alpha value is -2.56. The van der Waals surface area contributed by atoms with Gasteiger partial charge in [0.15, 0.2) is 0 Å². The Morgan fingerprint density at radius 2 is 1.72 bits per heavy atom. The lowest BCUT2D eigenvalue weighted by Crippen LogP contribution is -2.49. The Bertz CT molecular complexity index is 693. The average molecular weight is 338 g/mol. The van der Waals surface area contributed by atoms with E-state index in [0.29, 0.717) is 6.61 Å². The number of aromatic nitrogens is 1. The van der Waals surface area contributed by atoms with Crippen LogP contribution in [0.25, 0.3) is 0 Å². The fraction of sp³-hybridized carbons (Fsp3) is 0.400. The fourth-order valence-electron chi connectivity index (χ4n) is 3.92. The Kier molecular flexibility index (Phi) is 4.55. The molecule has 2 bridgehead atoms. The van der Waals surface area contributed by atoms with Gasteiger partial charge in [-0.15, -0.1) is 0 Å². The second-order valence-corrected chi connectivity index (χ2v) is 6.73. The van der Waals surface area contributed by atoms with Gasteiger partial charge in [-0.2, -0.15) is 0 Å². The molecule has 0 radical (unpaired) electrons. The molecule has 0 N–H and O–H groups in total. The van der Waals surface area contributed by atoms with Crippen LogP contribution in [-0.4, -0.2) is 34.2 Å². The highest BCUT2D eigenvalue weighted by molar-refractivity contribution is 5.69. The summed E-state index contributed by atoms with van der Waals surface area (Å²) in [5, 5.41) is 0. The third-order valence-corrected chi connectivity index (χ3v) is 5.06. The van der Waals surface area contributed by atoms with Gasteiger partial charge in [-0.25, -0.2) is 4.79 Å². The maximum absolute atomic E-state index is 12.6. The molecule has 1 aromatic heterocycles. The van der Waals surface area contributed by atoms with Crippen molar-refractivity contribution in [3.05, 3.63) is 60.4 Å². The quantitative estimate of drug-likeness (QED) is 0.851. The number of hydrogen-bond acceptors (Lipinski definition) is 4. The largest absolute Gasteiger partial charge is 0.490 e. The van der Waals surface area contributed by atoms with E-state index in [1.165, 1.54) is 0 Å². The average Bonchev–Trinajstić information content (AvgIpc) is 2.92. The number of benzene rings is 1. The van der Waals surface area contributed by atoms with E-state index >= 15 is 0 Å². The standard InChI is InChI=1S/C20H22N2O3/c23-20(24-14-15-4-2-1-3-5-15)22-16-6-7-17(22)13-19(12-16)25-18-8-10-21-11-9-18/h1-5,8-11,16-17,19H,6-7,12-14H2. The second-order valence-electron chi connectivity index (χ2n) is 6.73. The molecule has 5 heteroatoms. The number of carbonyl (C=O) groups excluding carboxylic acids is 1. The zero-order valence-corrected chi connectivity index (χ0v) is 14.1. The molecule has 1 aromatic carbocycles. The number of amides is 1. The summed E-state index contributed by atoms with van der Waals surface area (Å²) in [5.74, 6) is 0.847. The summed E-state index contributed by atoms with van der Waals surface area (Å²) in [5.41, 5.74) is 1.01. The highest BCUT2D eigenvalue weighted by Crippen LogP contribution is 2.37. The Morgan fingerprint density at radius 1 is 1.04 bits per heavy atom. The van der Waals surface area contributed by atoms with Crippen molar-refractivity contribution >= 4 is 6.09 Å². The van der Waals surface area contributed by atoms with E-state index in [2.05, 4.69) is 4.98 Å². The number of carbonyl (C=O) groups is 1. The van der Waals surface area contributed by atoms with Crippen molar-refractivity contribution in [3.63, 3.8) is 0 Å². The van der Waals surface area contributed by atoms with Crippen LogP contribution in [0.3, 0.4) is 0 Å². The Morgan fingerprint density at radius 3 is 2.40 bits per heavy atom. The molecule has 3 heterocycles. The summed E-state index contributed by atoms with van der Waals surface area (Å²) >= 11 is 0. The molecule has 2 unspecified atom stereocenters. The van der Waals surface area contributed by atoms with Crippen LogP contribution >= 0.6 is 0 Å². The second kappa shape index (κ2) is 7.13. The first-order chi connectivity index (χ1) is 12.3. The number of fused-ring (bicyclic) bond motifs is 2. The van der Waals surface area contributed by atoms with Gasteiger partial charge >= 0.3 is 6.09 Å². The van der Waals surface area contributed by atoms with Crippen molar-refractivity contribution in [2.75, 3.05) is 0 Å². The third-order valence-electron chi connectivity index (χ3n) is 5.06. The van der Waals surface area contributed by atoms with Crippen molar-refractivity contribution in [1.82, 2.24) is 9.88 Å².